The van der Waals surface area contributed by atoms with Crippen LogP contribution in [0.5, 0.6) is 0 Å². The Morgan fingerprint density at radius 2 is 1.75 bits per heavy atom. The highest BCUT2D eigenvalue weighted by atomic mass is 16.2. The van der Waals surface area contributed by atoms with E-state index in [0.29, 0.717) is 11.3 Å². The Bertz CT molecular complexity index is 784. The molecule has 0 saturated carbocycles. The van der Waals surface area contributed by atoms with Crippen LogP contribution in [-0.2, 0) is 11.2 Å². The molecule has 1 fully saturated rings. The highest BCUT2D eigenvalue weighted by Gasteiger charge is 2.25. The van der Waals surface area contributed by atoms with Crippen molar-refractivity contribution in [1.29, 1.82) is 0 Å². The SMILES string of the molecule is CC(=O)Nc1ccc(C(=O)N(C)C2CCN(CCc3ccncc3)CC2)cc1. The van der Waals surface area contributed by atoms with Gasteiger partial charge in [-0.05, 0) is 61.2 Å². The van der Waals surface area contributed by atoms with Crippen LogP contribution in [-0.4, -0.2) is 59.3 Å². The third-order valence-corrected chi connectivity index (χ3v) is 5.34. The Kier molecular flexibility index (Phi) is 6.76. The number of nitrogens with zero attached hydrogens (tertiary/aromatic N) is 3. The van der Waals surface area contributed by atoms with Gasteiger partial charge in [-0.15, -0.1) is 0 Å². The van der Waals surface area contributed by atoms with E-state index >= 15 is 0 Å². The zero-order valence-corrected chi connectivity index (χ0v) is 16.6. The predicted octanol–water partition coefficient (Wildman–Crippen LogP) is 2.82. The van der Waals surface area contributed by atoms with E-state index in [4.69, 9.17) is 0 Å². The van der Waals surface area contributed by atoms with Crippen LogP contribution in [0.4, 0.5) is 5.69 Å². The Morgan fingerprint density at radius 1 is 1.11 bits per heavy atom. The molecule has 0 spiro atoms. The summed E-state index contributed by atoms with van der Waals surface area (Å²) < 4.78 is 0. The van der Waals surface area contributed by atoms with E-state index < -0.39 is 0 Å². The highest BCUT2D eigenvalue weighted by Crippen LogP contribution is 2.19. The van der Waals surface area contributed by atoms with Crippen LogP contribution < -0.4 is 5.32 Å². The molecule has 1 aliphatic heterocycles. The number of piperidine rings is 1. The third-order valence-electron chi connectivity index (χ3n) is 5.34. The van der Waals surface area contributed by atoms with Gasteiger partial charge in [-0.2, -0.15) is 0 Å². The Hall–Kier alpha value is -2.73. The largest absolute Gasteiger partial charge is 0.339 e. The van der Waals surface area contributed by atoms with E-state index in [1.54, 1.807) is 24.3 Å². The second kappa shape index (κ2) is 9.46. The molecule has 0 aliphatic carbocycles. The van der Waals surface area contributed by atoms with Crippen molar-refractivity contribution >= 4 is 17.5 Å². The van der Waals surface area contributed by atoms with Crippen molar-refractivity contribution in [2.24, 2.45) is 0 Å². The maximum Gasteiger partial charge on any atom is 0.253 e. The molecule has 0 radical (unpaired) electrons. The lowest BCUT2D eigenvalue weighted by atomic mass is 10.0. The van der Waals surface area contributed by atoms with Gasteiger partial charge in [0.2, 0.25) is 5.91 Å². The number of carbonyl (C=O) groups is 2. The minimum atomic E-state index is -0.119. The number of pyridine rings is 1. The molecule has 2 heterocycles. The molecule has 1 N–H and O–H groups in total. The zero-order valence-electron chi connectivity index (χ0n) is 16.6. The number of anilines is 1. The first-order valence-electron chi connectivity index (χ1n) is 9.79. The van der Waals surface area contributed by atoms with Crippen molar-refractivity contribution < 1.29 is 9.59 Å². The smallest absolute Gasteiger partial charge is 0.253 e. The summed E-state index contributed by atoms with van der Waals surface area (Å²) in [6.07, 6.45) is 6.68. The molecule has 2 amide bonds. The van der Waals surface area contributed by atoms with Crippen molar-refractivity contribution in [3.63, 3.8) is 0 Å². The average Bonchev–Trinajstić information content (AvgIpc) is 2.72. The standard InChI is InChI=1S/C22H28N4O2/c1-17(27)24-20-5-3-19(4-6-20)22(28)25(2)21-10-15-26(16-11-21)14-9-18-7-12-23-13-8-18/h3-8,12-13,21H,9-11,14-16H2,1-2H3,(H,24,27). The Labute approximate surface area is 166 Å². The number of hydrogen-bond donors (Lipinski definition) is 1. The lowest BCUT2D eigenvalue weighted by Gasteiger charge is -2.36. The first kappa shape index (κ1) is 20.0. The maximum absolute atomic E-state index is 12.8. The number of rotatable bonds is 6. The summed E-state index contributed by atoms with van der Waals surface area (Å²) in [4.78, 5) is 32.3. The number of benzene rings is 1. The molecule has 2 aromatic rings. The van der Waals surface area contributed by atoms with Gasteiger partial charge in [-0.3, -0.25) is 14.6 Å². The Balaban J connectivity index is 1.48. The lowest BCUT2D eigenvalue weighted by Crippen LogP contribution is -2.46. The molecular weight excluding hydrogens is 352 g/mol. The van der Waals surface area contributed by atoms with Gasteiger partial charge < -0.3 is 15.1 Å². The molecule has 0 bridgehead atoms. The van der Waals surface area contributed by atoms with Crippen LogP contribution in [0.15, 0.2) is 48.8 Å². The van der Waals surface area contributed by atoms with Crippen LogP contribution >= 0.6 is 0 Å². The highest BCUT2D eigenvalue weighted by molar-refractivity contribution is 5.95. The van der Waals surface area contributed by atoms with Gasteiger partial charge in [0.1, 0.15) is 0 Å². The summed E-state index contributed by atoms with van der Waals surface area (Å²) in [5.41, 5.74) is 2.66. The topological polar surface area (TPSA) is 65.5 Å². The predicted molar refractivity (Wildman–Crippen MR) is 110 cm³/mol. The summed E-state index contributed by atoms with van der Waals surface area (Å²) >= 11 is 0. The molecule has 3 rings (SSSR count). The van der Waals surface area contributed by atoms with Gasteiger partial charge in [-0.25, -0.2) is 0 Å². The van der Waals surface area contributed by atoms with Crippen LogP contribution in [0, 0.1) is 0 Å². The number of likely N-dealkylation sites (tertiary alicyclic amines) is 1. The molecular formula is C22H28N4O2. The first-order valence-corrected chi connectivity index (χ1v) is 9.79. The van der Waals surface area contributed by atoms with Crippen molar-refractivity contribution in [1.82, 2.24) is 14.8 Å². The van der Waals surface area contributed by atoms with Crippen molar-refractivity contribution in [3.8, 4) is 0 Å². The molecule has 28 heavy (non-hydrogen) atoms. The molecule has 1 saturated heterocycles. The minimum Gasteiger partial charge on any atom is -0.339 e. The van der Waals surface area contributed by atoms with E-state index in [9.17, 15) is 9.59 Å². The fourth-order valence-corrected chi connectivity index (χ4v) is 3.64. The minimum absolute atomic E-state index is 0.0320. The second-order valence-electron chi connectivity index (χ2n) is 7.35. The third kappa shape index (κ3) is 5.39. The van der Waals surface area contributed by atoms with E-state index in [-0.39, 0.29) is 17.9 Å². The van der Waals surface area contributed by atoms with E-state index in [1.807, 2.05) is 24.3 Å². The number of carbonyl (C=O) groups excluding carboxylic acids is 2. The van der Waals surface area contributed by atoms with Crippen molar-refractivity contribution in [2.45, 2.75) is 32.2 Å². The van der Waals surface area contributed by atoms with E-state index in [0.717, 1.165) is 38.9 Å². The normalized spacial score (nSPS) is 15.2. The molecule has 1 aromatic carbocycles. The van der Waals surface area contributed by atoms with Gasteiger partial charge in [0.25, 0.3) is 5.91 Å². The number of nitrogens with one attached hydrogen (secondary N) is 1. The van der Waals surface area contributed by atoms with Gasteiger partial charge >= 0.3 is 0 Å². The maximum atomic E-state index is 12.8. The summed E-state index contributed by atoms with van der Waals surface area (Å²) in [7, 11) is 1.89. The summed E-state index contributed by atoms with van der Waals surface area (Å²) in [6.45, 7) is 4.53. The fraction of sp³-hybridized carbons (Fsp3) is 0.409. The molecule has 1 aliphatic rings. The summed E-state index contributed by atoms with van der Waals surface area (Å²) in [5.74, 6) is -0.0866. The van der Waals surface area contributed by atoms with Crippen LogP contribution in [0.2, 0.25) is 0 Å². The molecule has 1 aromatic heterocycles. The van der Waals surface area contributed by atoms with Crippen molar-refractivity contribution in [2.75, 3.05) is 32.0 Å². The van der Waals surface area contributed by atoms with Crippen molar-refractivity contribution in [3.05, 3.63) is 59.9 Å². The molecule has 6 nitrogen and oxygen atoms in total. The molecule has 0 unspecified atom stereocenters. The molecule has 0 atom stereocenters. The average molecular weight is 380 g/mol. The summed E-state index contributed by atoms with van der Waals surface area (Å²) in [5, 5.41) is 2.72. The fourth-order valence-electron chi connectivity index (χ4n) is 3.64. The van der Waals surface area contributed by atoms with Crippen LogP contribution in [0.1, 0.15) is 35.7 Å². The quantitative estimate of drug-likeness (QED) is 0.837. The number of hydrogen-bond acceptors (Lipinski definition) is 4. The van der Waals surface area contributed by atoms with E-state index in [2.05, 4.69) is 27.3 Å². The number of amides is 2. The van der Waals surface area contributed by atoms with Gasteiger partial charge in [-0.1, -0.05) is 0 Å². The summed E-state index contributed by atoms with van der Waals surface area (Å²) in [6, 6.07) is 11.5. The molecule has 148 valence electrons. The molecule has 6 heteroatoms. The van der Waals surface area contributed by atoms with Gasteiger partial charge in [0.15, 0.2) is 0 Å². The lowest BCUT2D eigenvalue weighted by molar-refractivity contribution is -0.114. The van der Waals surface area contributed by atoms with E-state index in [1.165, 1.54) is 12.5 Å². The monoisotopic (exact) mass is 380 g/mol. The number of aromatic nitrogens is 1. The zero-order chi connectivity index (χ0) is 19.9. The second-order valence-corrected chi connectivity index (χ2v) is 7.35. The van der Waals surface area contributed by atoms with Crippen LogP contribution in [0.3, 0.4) is 0 Å². The van der Waals surface area contributed by atoms with Crippen LogP contribution in [0.25, 0.3) is 0 Å². The Morgan fingerprint density at radius 3 is 2.36 bits per heavy atom. The first-order chi connectivity index (χ1) is 13.5. The van der Waals surface area contributed by atoms with Gasteiger partial charge in [0, 0.05) is 63.3 Å². The van der Waals surface area contributed by atoms with Gasteiger partial charge in [0.05, 0.1) is 0 Å².